The second kappa shape index (κ2) is 6.24. The van der Waals surface area contributed by atoms with E-state index >= 15 is 0 Å². The monoisotopic (exact) mass is 319 g/mol. The molecule has 0 unspecified atom stereocenters. The summed E-state index contributed by atoms with van der Waals surface area (Å²) in [6.07, 6.45) is 2.56. The zero-order valence-electron chi connectivity index (χ0n) is 11.4. The zero-order chi connectivity index (χ0) is 14.7. The molecule has 2 N–H and O–H groups in total. The minimum absolute atomic E-state index is 0.450. The average Bonchev–Trinajstić information content (AvgIpc) is 3.07. The molecular formula is C14H14ClN5S. The molecule has 0 aliphatic rings. The summed E-state index contributed by atoms with van der Waals surface area (Å²) in [5, 5.41) is 5.76. The number of imidazole rings is 1. The highest BCUT2D eigenvalue weighted by Crippen LogP contribution is 2.25. The number of aromatic amines is 1. The van der Waals surface area contributed by atoms with Crippen molar-refractivity contribution in [2.45, 2.75) is 13.3 Å². The highest BCUT2D eigenvalue weighted by Gasteiger charge is 2.09. The highest BCUT2D eigenvalue weighted by molar-refractivity contribution is 7.13. The number of aromatic nitrogens is 4. The van der Waals surface area contributed by atoms with Gasteiger partial charge in [0.05, 0.1) is 11.2 Å². The maximum atomic E-state index is 5.92. The molecule has 108 valence electrons. The largest absolute Gasteiger partial charge is 0.370 e. The SMILES string of the molecule is Cc1nc(Cl)cc(NCCc2[nH]cnc2-c2cccs2)n1. The molecule has 0 saturated carbocycles. The molecule has 5 nitrogen and oxygen atoms in total. The number of hydrogen-bond acceptors (Lipinski definition) is 5. The third-order valence-electron chi connectivity index (χ3n) is 2.96. The number of hydrogen-bond donors (Lipinski definition) is 2. The summed E-state index contributed by atoms with van der Waals surface area (Å²) in [5.41, 5.74) is 2.13. The summed E-state index contributed by atoms with van der Waals surface area (Å²) in [7, 11) is 0. The molecule has 3 aromatic heterocycles. The van der Waals surface area contributed by atoms with E-state index in [1.165, 1.54) is 4.88 Å². The van der Waals surface area contributed by atoms with Crippen LogP contribution >= 0.6 is 22.9 Å². The van der Waals surface area contributed by atoms with Gasteiger partial charge in [-0.2, -0.15) is 0 Å². The van der Waals surface area contributed by atoms with Crippen LogP contribution in [-0.2, 0) is 6.42 Å². The van der Waals surface area contributed by atoms with Gasteiger partial charge in [0.1, 0.15) is 22.5 Å². The fourth-order valence-electron chi connectivity index (χ4n) is 2.07. The van der Waals surface area contributed by atoms with Crippen molar-refractivity contribution in [2.75, 3.05) is 11.9 Å². The molecule has 3 heterocycles. The molecule has 3 rings (SSSR count). The van der Waals surface area contributed by atoms with Gasteiger partial charge in [-0.1, -0.05) is 17.7 Å². The van der Waals surface area contributed by atoms with E-state index in [0.717, 1.165) is 30.2 Å². The number of nitrogens with one attached hydrogen (secondary N) is 2. The molecule has 0 aliphatic carbocycles. The van der Waals surface area contributed by atoms with E-state index in [2.05, 4.69) is 36.7 Å². The molecule has 0 amide bonds. The van der Waals surface area contributed by atoms with Crippen LogP contribution in [-0.4, -0.2) is 26.5 Å². The van der Waals surface area contributed by atoms with Crippen LogP contribution in [0.1, 0.15) is 11.5 Å². The topological polar surface area (TPSA) is 66.5 Å². The summed E-state index contributed by atoms with van der Waals surface area (Å²) in [6, 6.07) is 5.83. The summed E-state index contributed by atoms with van der Waals surface area (Å²) in [6.45, 7) is 2.56. The van der Waals surface area contributed by atoms with Crippen LogP contribution < -0.4 is 5.32 Å². The first-order valence-electron chi connectivity index (χ1n) is 6.53. The van der Waals surface area contributed by atoms with Crippen molar-refractivity contribution >= 4 is 28.8 Å². The molecule has 0 bridgehead atoms. The van der Waals surface area contributed by atoms with Crippen LogP contribution in [0.3, 0.4) is 0 Å². The molecule has 0 radical (unpaired) electrons. The second-order valence-corrected chi connectivity index (χ2v) is 5.84. The Morgan fingerprint density at radius 2 is 2.29 bits per heavy atom. The van der Waals surface area contributed by atoms with Crippen molar-refractivity contribution in [1.82, 2.24) is 19.9 Å². The predicted octanol–water partition coefficient (Wildman–Crippen LogP) is 3.54. The Labute approximate surface area is 131 Å². The third kappa shape index (κ3) is 3.40. The Bertz CT molecular complexity index is 703. The van der Waals surface area contributed by atoms with Crippen LogP contribution in [0.2, 0.25) is 5.15 Å². The molecule has 21 heavy (non-hydrogen) atoms. The third-order valence-corrected chi connectivity index (χ3v) is 4.03. The Kier molecular flexibility index (Phi) is 4.17. The lowest BCUT2D eigenvalue weighted by molar-refractivity contribution is 0.956. The number of rotatable bonds is 5. The van der Waals surface area contributed by atoms with Crippen molar-refractivity contribution in [1.29, 1.82) is 0 Å². The van der Waals surface area contributed by atoms with E-state index < -0.39 is 0 Å². The van der Waals surface area contributed by atoms with Gasteiger partial charge < -0.3 is 10.3 Å². The van der Waals surface area contributed by atoms with Crippen LogP contribution in [0.25, 0.3) is 10.6 Å². The first kappa shape index (κ1) is 14.0. The van der Waals surface area contributed by atoms with E-state index in [1.54, 1.807) is 23.7 Å². The van der Waals surface area contributed by atoms with Crippen LogP contribution in [0.4, 0.5) is 5.82 Å². The first-order valence-corrected chi connectivity index (χ1v) is 7.79. The highest BCUT2D eigenvalue weighted by atomic mass is 35.5. The summed E-state index contributed by atoms with van der Waals surface area (Å²) >= 11 is 7.60. The molecule has 0 spiro atoms. The number of aryl methyl sites for hydroxylation is 1. The van der Waals surface area contributed by atoms with E-state index in [9.17, 15) is 0 Å². The van der Waals surface area contributed by atoms with Gasteiger partial charge in [-0.05, 0) is 18.4 Å². The van der Waals surface area contributed by atoms with Gasteiger partial charge in [0.2, 0.25) is 0 Å². The van der Waals surface area contributed by atoms with Gasteiger partial charge in [-0.25, -0.2) is 15.0 Å². The van der Waals surface area contributed by atoms with Crippen LogP contribution in [0.15, 0.2) is 29.9 Å². The van der Waals surface area contributed by atoms with E-state index in [-0.39, 0.29) is 0 Å². The smallest absolute Gasteiger partial charge is 0.134 e. The van der Waals surface area contributed by atoms with Crippen LogP contribution in [0.5, 0.6) is 0 Å². The summed E-state index contributed by atoms with van der Waals surface area (Å²) < 4.78 is 0. The van der Waals surface area contributed by atoms with Crippen molar-refractivity contribution in [2.24, 2.45) is 0 Å². The van der Waals surface area contributed by atoms with Crippen molar-refractivity contribution in [3.8, 4) is 10.6 Å². The molecule has 3 aromatic rings. The molecule has 0 aliphatic heterocycles. The van der Waals surface area contributed by atoms with E-state index in [4.69, 9.17) is 11.6 Å². The van der Waals surface area contributed by atoms with E-state index in [0.29, 0.717) is 11.0 Å². The Morgan fingerprint density at radius 3 is 3.05 bits per heavy atom. The van der Waals surface area contributed by atoms with Crippen molar-refractivity contribution in [3.63, 3.8) is 0 Å². The molecule has 0 fully saturated rings. The van der Waals surface area contributed by atoms with Crippen LogP contribution in [0, 0.1) is 6.92 Å². The lowest BCUT2D eigenvalue weighted by Crippen LogP contribution is -2.08. The minimum Gasteiger partial charge on any atom is -0.370 e. The fraction of sp³-hybridized carbons (Fsp3) is 0.214. The van der Waals surface area contributed by atoms with Crippen molar-refractivity contribution < 1.29 is 0 Å². The number of thiophene rings is 1. The molecule has 7 heteroatoms. The quantitative estimate of drug-likeness (QED) is 0.706. The van der Waals surface area contributed by atoms with Gasteiger partial charge in [0.25, 0.3) is 0 Å². The first-order chi connectivity index (χ1) is 10.2. The number of halogens is 1. The maximum Gasteiger partial charge on any atom is 0.134 e. The van der Waals surface area contributed by atoms with Crippen molar-refractivity contribution in [3.05, 3.63) is 46.6 Å². The van der Waals surface area contributed by atoms with Gasteiger partial charge in [-0.15, -0.1) is 11.3 Å². The molecule has 0 saturated heterocycles. The normalized spacial score (nSPS) is 10.8. The molecule has 0 atom stereocenters. The fourth-order valence-corrected chi connectivity index (χ4v) is 3.05. The standard InChI is InChI=1S/C14H14ClN5S/c1-9-19-12(15)7-13(20-9)16-5-4-10-14(18-8-17-10)11-3-2-6-21-11/h2-3,6-8H,4-5H2,1H3,(H,17,18)(H,16,19,20). The second-order valence-electron chi connectivity index (χ2n) is 4.51. The number of H-pyrrole nitrogens is 1. The van der Waals surface area contributed by atoms with E-state index in [1.807, 2.05) is 13.0 Å². The zero-order valence-corrected chi connectivity index (χ0v) is 13.0. The Morgan fingerprint density at radius 1 is 1.38 bits per heavy atom. The lowest BCUT2D eigenvalue weighted by atomic mass is 10.2. The van der Waals surface area contributed by atoms with Gasteiger partial charge >= 0.3 is 0 Å². The minimum atomic E-state index is 0.450. The summed E-state index contributed by atoms with van der Waals surface area (Å²) in [5.74, 6) is 1.40. The molecule has 0 aromatic carbocycles. The Balaban J connectivity index is 1.65. The predicted molar refractivity (Wildman–Crippen MR) is 85.9 cm³/mol. The average molecular weight is 320 g/mol. The number of nitrogens with zero attached hydrogens (tertiary/aromatic N) is 3. The maximum absolute atomic E-state index is 5.92. The summed E-state index contributed by atoms with van der Waals surface area (Å²) in [4.78, 5) is 17.1. The van der Waals surface area contributed by atoms with Gasteiger partial charge in [0.15, 0.2) is 0 Å². The van der Waals surface area contributed by atoms with Gasteiger partial charge in [-0.3, -0.25) is 0 Å². The van der Waals surface area contributed by atoms with Gasteiger partial charge in [0, 0.05) is 24.7 Å². The number of anilines is 1. The molecular weight excluding hydrogens is 306 g/mol. The Hall–Kier alpha value is -1.92. The lowest BCUT2D eigenvalue weighted by Gasteiger charge is -2.06.